The van der Waals surface area contributed by atoms with Gasteiger partial charge in [-0.3, -0.25) is 0 Å². The number of carbonyl (C=O) groups is 1. The molecule has 0 fully saturated rings. The molecule has 0 bridgehead atoms. The quantitative estimate of drug-likeness (QED) is 0.783. The highest BCUT2D eigenvalue weighted by atomic mass is 19.1. The van der Waals surface area contributed by atoms with Crippen molar-refractivity contribution in [2.24, 2.45) is 0 Å². The Morgan fingerprint density at radius 1 is 1.44 bits per heavy atom. The average molecular weight is 248 g/mol. The molecule has 0 aliphatic rings. The number of rotatable bonds is 3. The number of aromatic nitrogens is 2. The first kappa shape index (κ1) is 12.3. The van der Waals surface area contributed by atoms with Gasteiger partial charge in [-0.25, -0.2) is 14.2 Å². The molecule has 5 heteroatoms. The van der Waals surface area contributed by atoms with E-state index in [1.54, 1.807) is 35.9 Å². The second-order valence-corrected chi connectivity index (χ2v) is 3.84. The molecule has 0 amide bonds. The first-order chi connectivity index (χ1) is 8.65. The third-order valence-electron chi connectivity index (χ3n) is 2.74. The number of imidazole rings is 1. The van der Waals surface area contributed by atoms with Crippen LogP contribution in [0.1, 0.15) is 13.0 Å². The van der Waals surface area contributed by atoms with Crippen LogP contribution in [0, 0.1) is 5.82 Å². The summed E-state index contributed by atoms with van der Waals surface area (Å²) < 4.78 is 20.0. The molecule has 0 N–H and O–H groups in total. The Balaban J connectivity index is 2.46. The molecule has 0 radical (unpaired) electrons. The largest absolute Gasteiger partial charge is 0.467 e. The van der Waals surface area contributed by atoms with Crippen LogP contribution in [-0.4, -0.2) is 22.6 Å². The Hall–Kier alpha value is -2.17. The molecule has 0 spiro atoms. The monoisotopic (exact) mass is 248 g/mol. The van der Waals surface area contributed by atoms with Crippen LogP contribution in [0.5, 0.6) is 0 Å². The summed E-state index contributed by atoms with van der Waals surface area (Å²) in [5.41, 5.74) is 0.359. The minimum atomic E-state index is -0.549. The highest BCUT2D eigenvalue weighted by Crippen LogP contribution is 2.24. The number of hydrogen-bond acceptors (Lipinski definition) is 3. The third-order valence-corrected chi connectivity index (χ3v) is 2.74. The number of methoxy groups -OCH3 is 1. The molecule has 1 heterocycles. The van der Waals surface area contributed by atoms with Crippen molar-refractivity contribution in [3.63, 3.8) is 0 Å². The maximum atomic E-state index is 13.7. The molecule has 1 atom stereocenters. The minimum Gasteiger partial charge on any atom is -0.467 e. The smallest absolute Gasteiger partial charge is 0.328 e. The number of ether oxygens (including phenoxy) is 1. The molecule has 2 aromatic rings. The van der Waals surface area contributed by atoms with E-state index in [-0.39, 0.29) is 5.82 Å². The van der Waals surface area contributed by atoms with Gasteiger partial charge in [-0.1, -0.05) is 12.1 Å². The van der Waals surface area contributed by atoms with E-state index in [4.69, 9.17) is 0 Å². The predicted molar refractivity (Wildman–Crippen MR) is 64.3 cm³/mol. The van der Waals surface area contributed by atoms with Gasteiger partial charge < -0.3 is 9.30 Å². The van der Waals surface area contributed by atoms with Crippen LogP contribution in [0.4, 0.5) is 4.39 Å². The van der Waals surface area contributed by atoms with Crippen LogP contribution < -0.4 is 0 Å². The van der Waals surface area contributed by atoms with E-state index >= 15 is 0 Å². The Kier molecular flexibility index (Phi) is 3.41. The topological polar surface area (TPSA) is 44.1 Å². The van der Waals surface area contributed by atoms with Crippen molar-refractivity contribution in [3.8, 4) is 11.4 Å². The highest BCUT2D eigenvalue weighted by molar-refractivity contribution is 5.74. The summed E-state index contributed by atoms with van der Waals surface area (Å²) in [4.78, 5) is 15.6. The standard InChI is InChI=1S/C13H13FN2O2/c1-9(13(17)18-2)16-8-7-15-12(16)10-5-3-4-6-11(10)14/h3-9H,1-2H3. The van der Waals surface area contributed by atoms with Gasteiger partial charge in [0.25, 0.3) is 0 Å². The summed E-state index contributed by atoms with van der Waals surface area (Å²) >= 11 is 0. The maximum absolute atomic E-state index is 13.7. The number of nitrogens with zero attached hydrogens (tertiary/aromatic N) is 2. The van der Waals surface area contributed by atoms with Crippen molar-refractivity contribution >= 4 is 5.97 Å². The number of benzene rings is 1. The molecular weight excluding hydrogens is 235 g/mol. The number of esters is 1. The summed E-state index contributed by atoms with van der Waals surface area (Å²) in [7, 11) is 1.32. The number of hydrogen-bond donors (Lipinski definition) is 0. The molecule has 1 unspecified atom stereocenters. The Labute approximate surface area is 104 Å². The van der Waals surface area contributed by atoms with E-state index in [0.717, 1.165) is 0 Å². The zero-order chi connectivity index (χ0) is 13.1. The van der Waals surface area contributed by atoms with Crippen LogP contribution in [0.25, 0.3) is 11.4 Å². The zero-order valence-corrected chi connectivity index (χ0v) is 10.1. The lowest BCUT2D eigenvalue weighted by Gasteiger charge is -2.14. The fourth-order valence-electron chi connectivity index (χ4n) is 1.76. The molecule has 1 aromatic heterocycles. The maximum Gasteiger partial charge on any atom is 0.328 e. The second-order valence-electron chi connectivity index (χ2n) is 3.84. The van der Waals surface area contributed by atoms with Gasteiger partial charge >= 0.3 is 5.97 Å². The Morgan fingerprint density at radius 3 is 2.83 bits per heavy atom. The predicted octanol–water partition coefficient (Wildman–Crippen LogP) is 2.42. The van der Waals surface area contributed by atoms with Gasteiger partial charge in [-0.15, -0.1) is 0 Å². The summed E-state index contributed by atoms with van der Waals surface area (Å²) in [6, 6.07) is 5.76. The lowest BCUT2D eigenvalue weighted by atomic mass is 10.2. The van der Waals surface area contributed by atoms with Gasteiger partial charge in [0.1, 0.15) is 17.7 Å². The molecule has 0 saturated heterocycles. The van der Waals surface area contributed by atoms with Crippen LogP contribution in [0.15, 0.2) is 36.7 Å². The van der Waals surface area contributed by atoms with Crippen molar-refractivity contribution < 1.29 is 13.9 Å². The van der Waals surface area contributed by atoms with Crippen LogP contribution in [-0.2, 0) is 9.53 Å². The van der Waals surface area contributed by atoms with E-state index in [2.05, 4.69) is 9.72 Å². The van der Waals surface area contributed by atoms with E-state index in [1.165, 1.54) is 19.4 Å². The van der Waals surface area contributed by atoms with Crippen molar-refractivity contribution in [2.75, 3.05) is 7.11 Å². The number of halogens is 1. The van der Waals surface area contributed by atoms with Crippen molar-refractivity contribution in [3.05, 3.63) is 42.5 Å². The first-order valence-corrected chi connectivity index (χ1v) is 5.50. The van der Waals surface area contributed by atoms with Gasteiger partial charge in [0.05, 0.1) is 12.7 Å². The second kappa shape index (κ2) is 5.00. The minimum absolute atomic E-state index is 0.359. The van der Waals surface area contributed by atoms with Gasteiger partial charge in [-0.05, 0) is 19.1 Å². The highest BCUT2D eigenvalue weighted by Gasteiger charge is 2.20. The van der Waals surface area contributed by atoms with Crippen LogP contribution >= 0.6 is 0 Å². The summed E-state index contributed by atoms with van der Waals surface area (Å²) in [5.74, 6) is -0.362. The normalized spacial score (nSPS) is 12.2. The zero-order valence-electron chi connectivity index (χ0n) is 10.1. The van der Waals surface area contributed by atoms with Gasteiger partial charge in [0, 0.05) is 12.4 Å². The fourth-order valence-corrected chi connectivity index (χ4v) is 1.76. The average Bonchev–Trinajstić information content (AvgIpc) is 2.86. The van der Waals surface area contributed by atoms with Gasteiger partial charge in [-0.2, -0.15) is 0 Å². The van der Waals surface area contributed by atoms with E-state index in [0.29, 0.717) is 11.4 Å². The van der Waals surface area contributed by atoms with Crippen LogP contribution in [0.3, 0.4) is 0 Å². The van der Waals surface area contributed by atoms with Crippen molar-refractivity contribution in [1.82, 2.24) is 9.55 Å². The van der Waals surface area contributed by atoms with Crippen molar-refractivity contribution in [1.29, 1.82) is 0 Å². The van der Waals surface area contributed by atoms with Gasteiger partial charge in [0.2, 0.25) is 0 Å². The fraction of sp³-hybridized carbons (Fsp3) is 0.231. The molecule has 18 heavy (non-hydrogen) atoms. The lowest BCUT2D eigenvalue weighted by molar-refractivity contribution is -0.143. The SMILES string of the molecule is COC(=O)C(C)n1ccnc1-c1ccccc1F. The van der Waals surface area contributed by atoms with E-state index < -0.39 is 12.0 Å². The Bertz CT molecular complexity index is 566. The van der Waals surface area contributed by atoms with Crippen molar-refractivity contribution in [2.45, 2.75) is 13.0 Å². The third kappa shape index (κ3) is 2.11. The van der Waals surface area contributed by atoms with E-state index in [1.807, 2.05) is 0 Å². The van der Waals surface area contributed by atoms with Crippen LogP contribution in [0.2, 0.25) is 0 Å². The molecule has 0 saturated carbocycles. The van der Waals surface area contributed by atoms with E-state index in [9.17, 15) is 9.18 Å². The summed E-state index contributed by atoms with van der Waals surface area (Å²) in [6.07, 6.45) is 3.16. The molecule has 0 aliphatic heterocycles. The van der Waals surface area contributed by atoms with Gasteiger partial charge in [0.15, 0.2) is 0 Å². The number of carbonyl (C=O) groups excluding carboxylic acids is 1. The molecule has 4 nitrogen and oxygen atoms in total. The lowest BCUT2D eigenvalue weighted by Crippen LogP contribution is -2.18. The molecule has 94 valence electrons. The molecule has 2 rings (SSSR count). The first-order valence-electron chi connectivity index (χ1n) is 5.50. The molecular formula is C13H13FN2O2. The summed E-state index contributed by atoms with van der Waals surface area (Å²) in [5, 5.41) is 0. The summed E-state index contributed by atoms with van der Waals surface area (Å²) in [6.45, 7) is 1.68. The molecule has 0 aliphatic carbocycles. The molecule has 1 aromatic carbocycles. The Morgan fingerprint density at radius 2 is 2.17 bits per heavy atom.